The van der Waals surface area contributed by atoms with E-state index in [-0.39, 0.29) is 18.0 Å². The van der Waals surface area contributed by atoms with E-state index in [0.29, 0.717) is 10.8 Å². The third-order valence-corrected chi connectivity index (χ3v) is 11.0. The molecule has 2 heteroatoms. The van der Waals surface area contributed by atoms with Crippen LogP contribution in [0.1, 0.15) is 119 Å². The van der Waals surface area contributed by atoms with Gasteiger partial charge in [0.05, 0.1) is 5.92 Å². The zero-order chi connectivity index (χ0) is 24.0. The van der Waals surface area contributed by atoms with Gasteiger partial charge < -0.3 is 4.74 Å². The molecule has 2 nitrogen and oxygen atoms in total. The molecule has 0 aromatic carbocycles. The molecule has 0 bridgehead atoms. The summed E-state index contributed by atoms with van der Waals surface area (Å²) >= 11 is 0. The molecular formula is C31H52O2. The summed E-state index contributed by atoms with van der Waals surface area (Å²) in [4.78, 5) is 12.2. The van der Waals surface area contributed by atoms with E-state index in [9.17, 15) is 4.79 Å². The highest BCUT2D eigenvalue weighted by Gasteiger charge is 2.59. The number of rotatable bonds is 7. The maximum absolute atomic E-state index is 12.2. The van der Waals surface area contributed by atoms with Gasteiger partial charge >= 0.3 is 5.97 Å². The number of carbonyl (C=O) groups excluding carboxylic acids is 1. The average molecular weight is 457 g/mol. The van der Waals surface area contributed by atoms with E-state index in [1.54, 1.807) is 5.57 Å². The van der Waals surface area contributed by atoms with Gasteiger partial charge in [0, 0.05) is 6.42 Å². The molecule has 0 aromatic heterocycles. The smallest absolute Gasteiger partial charge is 0.308 e. The second-order valence-electron chi connectivity index (χ2n) is 13.7. The van der Waals surface area contributed by atoms with E-state index < -0.39 is 0 Å². The lowest BCUT2D eigenvalue weighted by atomic mass is 9.47. The molecule has 0 amide bonds. The Bertz CT molecular complexity index is 735. The summed E-state index contributed by atoms with van der Waals surface area (Å²) in [6.07, 6.45) is 17.2. The van der Waals surface area contributed by atoms with E-state index in [4.69, 9.17) is 4.74 Å². The number of esters is 1. The Morgan fingerprint density at radius 2 is 1.76 bits per heavy atom. The third kappa shape index (κ3) is 4.71. The summed E-state index contributed by atoms with van der Waals surface area (Å²) in [5.41, 5.74) is 2.52. The van der Waals surface area contributed by atoms with Crippen LogP contribution in [0.4, 0.5) is 0 Å². The lowest BCUT2D eigenvalue weighted by Gasteiger charge is -2.58. The molecule has 0 spiro atoms. The van der Waals surface area contributed by atoms with Gasteiger partial charge in [0.2, 0.25) is 0 Å². The molecule has 0 N–H and O–H groups in total. The predicted octanol–water partition coefficient (Wildman–Crippen LogP) is 8.60. The van der Waals surface area contributed by atoms with Gasteiger partial charge in [-0.2, -0.15) is 0 Å². The molecule has 4 aliphatic carbocycles. The molecule has 0 aromatic rings. The molecular weight excluding hydrogens is 404 g/mol. The van der Waals surface area contributed by atoms with Crippen molar-refractivity contribution in [3.63, 3.8) is 0 Å². The van der Waals surface area contributed by atoms with Crippen LogP contribution in [0, 0.1) is 52.3 Å². The van der Waals surface area contributed by atoms with Crippen molar-refractivity contribution in [3.05, 3.63) is 11.6 Å². The molecule has 4 rings (SSSR count). The molecule has 0 unspecified atom stereocenters. The minimum atomic E-state index is -0.0258. The molecule has 3 fully saturated rings. The standard InChI is InChI=1S/C31H52O2/c1-20(2)9-8-10-22(5)26-13-14-27-25-12-11-23-19-24(33-29(32)21(3)4)15-17-30(23,6)28(25)16-18-31(26,27)7/h11,20-22,24-28H,8-10,12-19H2,1-7H3/t22-,24+,25-,26+,27-,28-,30+,31+/m1/s1. The fourth-order valence-corrected chi connectivity index (χ4v) is 9.05. The van der Waals surface area contributed by atoms with Gasteiger partial charge in [-0.05, 0) is 91.3 Å². The Kier molecular flexibility index (Phi) is 7.43. The zero-order valence-corrected chi connectivity index (χ0v) is 22.8. The first kappa shape index (κ1) is 25.3. The molecule has 0 aliphatic heterocycles. The van der Waals surface area contributed by atoms with Crippen LogP contribution >= 0.6 is 0 Å². The molecule has 0 heterocycles. The van der Waals surface area contributed by atoms with Crippen LogP contribution in [0.25, 0.3) is 0 Å². The van der Waals surface area contributed by atoms with E-state index in [2.05, 4.69) is 40.7 Å². The maximum Gasteiger partial charge on any atom is 0.308 e. The first-order valence-electron chi connectivity index (χ1n) is 14.5. The molecule has 8 atom stereocenters. The minimum absolute atomic E-state index is 0.0224. The number of hydrogen-bond acceptors (Lipinski definition) is 2. The van der Waals surface area contributed by atoms with Crippen molar-refractivity contribution >= 4 is 5.97 Å². The molecule has 4 aliphatic rings. The highest BCUT2D eigenvalue weighted by molar-refractivity contribution is 5.71. The van der Waals surface area contributed by atoms with E-state index >= 15 is 0 Å². The number of ether oxygens (including phenoxy) is 1. The Balaban J connectivity index is 1.45. The highest BCUT2D eigenvalue weighted by Crippen LogP contribution is 2.67. The van der Waals surface area contributed by atoms with Gasteiger partial charge in [-0.3, -0.25) is 4.79 Å². The van der Waals surface area contributed by atoms with Crippen molar-refractivity contribution in [2.45, 2.75) is 125 Å². The fraction of sp³-hybridized carbons (Fsp3) is 0.903. The van der Waals surface area contributed by atoms with Gasteiger partial charge in [-0.15, -0.1) is 0 Å². The minimum Gasteiger partial charge on any atom is -0.462 e. The van der Waals surface area contributed by atoms with Crippen LogP contribution in [0.2, 0.25) is 0 Å². The summed E-state index contributed by atoms with van der Waals surface area (Å²) < 4.78 is 5.88. The lowest BCUT2D eigenvalue weighted by Crippen LogP contribution is -2.51. The third-order valence-electron chi connectivity index (χ3n) is 11.0. The lowest BCUT2D eigenvalue weighted by molar-refractivity contribution is -0.155. The number of fused-ring (bicyclic) bond motifs is 5. The van der Waals surface area contributed by atoms with Crippen LogP contribution in [-0.2, 0) is 9.53 Å². The second-order valence-corrected chi connectivity index (χ2v) is 13.7. The van der Waals surface area contributed by atoms with Crippen molar-refractivity contribution in [3.8, 4) is 0 Å². The number of carbonyl (C=O) groups is 1. The quantitative estimate of drug-likeness (QED) is 0.283. The summed E-state index contributed by atoms with van der Waals surface area (Å²) in [5, 5.41) is 0. The van der Waals surface area contributed by atoms with Crippen molar-refractivity contribution in [2.24, 2.45) is 52.3 Å². The summed E-state index contributed by atoms with van der Waals surface area (Å²) in [5.74, 6) is 5.24. The van der Waals surface area contributed by atoms with Crippen molar-refractivity contribution in [2.75, 3.05) is 0 Å². The normalized spacial score (nSPS) is 41.2. The molecule has 33 heavy (non-hydrogen) atoms. The Hall–Kier alpha value is -0.790. The Morgan fingerprint density at radius 3 is 2.45 bits per heavy atom. The molecule has 188 valence electrons. The first-order valence-corrected chi connectivity index (χ1v) is 14.5. The largest absolute Gasteiger partial charge is 0.462 e. The van der Waals surface area contributed by atoms with Crippen molar-refractivity contribution in [1.82, 2.24) is 0 Å². The number of hydrogen-bond donors (Lipinski definition) is 0. The average Bonchev–Trinajstić information content (AvgIpc) is 3.11. The van der Waals surface area contributed by atoms with E-state index in [1.165, 1.54) is 57.8 Å². The van der Waals surface area contributed by atoms with Crippen molar-refractivity contribution in [1.29, 1.82) is 0 Å². The van der Waals surface area contributed by atoms with Crippen LogP contribution in [0.3, 0.4) is 0 Å². The summed E-state index contributed by atoms with van der Waals surface area (Å²) in [6.45, 7) is 16.5. The van der Waals surface area contributed by atoms with Crippen LogP contribution in [0.15, 0.2) is 11.6 Å². The molecule has 0 saturated heterocycles. The Morgan fingerprint density at radius 1 is 1.00 bits per heavy atom. The van der Waals surface area contributed by atoms with Gasteiger partial charge in [-0.1, -0.05) is 79.4 Å². The van der Waals surface area contributed by atoms with Gasteiger partial charge in [0.1, 0.15) is 6.10 Å². The van der Waals surface area contributed by atoms with Gasteiger partial charge in [-0.25, -0.2) is 0 Å². The number of allylic oxidation sites excluding steroid dienone is 1. The van der Waals surface area contributed by atoms with Gasteiger partial charge in [0.15, 0.2) is 0 Å². The first-order chi connectivity index (χ1) is 15.6. The zero-order valence-electron chi connectivity index (χ0n) is 22.8. The predicted molar refractivity (Wildman–Crippen MR) is 138 cm³/mol. The highest BCUT2D eigenvalue weighted by atomic mass is 16.5. The fourth-order valence-electron chi connectivity index (χ4n) is 9.05. The molecule has 3 saturated carbocycles. The maximum atomic E-state index is 12.2. The van der Waals surface area contributed by atoms with E-state index in [0.717, 1.165) is 48.3 Å². The summed E-state index contributed by atoms with van der Waals surface area (Å²) in [7, 11) is 0. The monoisotopic (exact) mass is 456 g/mol. The SMILES string of the molecule is CC(C)CCC[C@@H](C)[C@@H]1CC[C@@H]2[C@H]3CC=C4C[C@@H](OC(=O)C(C)C)CC[C@]4(C)[C@@H]3CC[C@]21C. The van der Waals surface area contributed by atoms with Crippen LogP contribution in [-0.4, -0.2) is 12.1 Å². The Labute approximate surface area is 204 Å². The van der Waals surface area contributed by atoms with Gasteiger partial charge in [0.25, 0.3) is 0 Å². The molecule has 0 radical (unpaired) electrons. The van der Waals surface area contributed by atoms with E-state index in [1.807, 2.05) is 13.8 Å². The van der Waals surface area contributed by atoms with Crippen LogP contribution < -0.4 is 0 Å². The van der Waals surface area contributed by atoms with Crippen LogP contribution in [0.5, 0.6) is 0 Å². The van der Waals surface area contributed by atoms with Crippen molar-refractivity contribution < 1.29 is 9.53 Å². The summed E-state index contributed by atoms with van der Waals surface area (Å²) in [6, 6.07) is 0. The second kappa shape index (κ2) is 9.69. The topological polar surface area (TPSA) is 26.3 Å².